The highest BCUT2D eigenvalue weighted by molar-refractivity contribution is 6.07. The van der Waals surface area contributed by atoms with Crippen molar-refractivity contribution in [1.82, 2.24) is 0 Å². The zero-order chi connectivity index (χ0) is 9.38. The molecule has 0 aliphatic carbocycles. The van der Waals surface area contributed by atoms with Crippen LogP contribution in [0, 0.1) is 6.07 Å². The van der Waals surface area contributed by atoms with Gasteiger partial charge in [0, 0.05) is 0 Å². The lowest BCUT2D eigenvalue weighted by Crippen LogP contribution is -1.75. The van der Waals surface area contributed by atoms with Crippen LogP contribution in [0.5, 0.6) is 0 Å². The molecule has 0 heterocycles. The zero-order valence-electron chi connectivity index (χ0n) is 7.70. The average Bonchev–Trinajstić information content (AvgIpc) is 2.29. The van der Waals surface area contributed by atoms with Crippen molar-refractivity contribution in [2.75, 3.05) is 0 Å². The second kappa shape index (κ2) is 3.74. The Kier molecular flexibility index (Phi) is 2.42. The van der Waals surface area contributed by atoms with Gasteiger partial charge < -0.3 is 0 Å². The number of rotatable bonds is 0. The minimum absolute atomic E-state index is 0. The number of benzene rings is 3. The van der Waals surface area contributed by atoms with Crippen LogP contribution < -0.4 is 0 Å². The molecular weight excluding hydrogens is 180 g/mol. The highest BCUT2D eigenvalue weighted by Gasteiger charge is 1.97. The van der Waals surface area contributed by atoms with Gasteiger partial charge in [0.25, 0.3) is 0 Å². The summed E-state index contributed by atoms with van der Waals surface area (Å²) in [7, 11) is 0. The minimum Gasteiger partial charge on any atom is -0.0776 e. The normalized spacial score (nSPS) is 10.1. The van der Waals surface area contributed by atoms with Gasteiger partial charge in [-0.1, -0.05) is 62.0 Å². The van der Waals surface area contributed by atoms with E-state index in [9.17, 15) is 0 Å². The van der Waals surface area contributed by atoms with Crippen molar-refractivity contribution >= 4 is 21.5 Å². The van der Waals surface area contributed by atoms with E-state index in [0.29, 0.717) is 0 Å². The Hall–Kier alpha value is -1.82. The molecule has 0 bridgehead atoms. The molecule has 15 heavy (non-hydrogen) atoms. The van der Waals surface area contributed by atoms with E-state index in [-0.39, 0.29) is 7.43 Å². The van der Waals surface area contributed by atoms with Gasteiger partial charge >= 0.3 is 0 Å². The summed E-state index contributed by atoms with van der Waals surface area (Å²) in [6.45, 7) is 0. The molecule has 0 saturated heterocycles. The van der Waals surface area contributed by atoms with Crippen LogP contribution in [0.1, 0.15) is 7.43 Å². The maximum Gasteiger partial charge on any atom is -0.00987 e. The molecule has 0 fully saturated rings. The van der Waals surface area contributed by atoms with Crippen molar-refractivity contribution in [3.05, 3.63) is 60.7 Å². The molecule has 0 aromatic heterocycles. The Morgan fingerprint density at radius 3 is 2.47 bits per heavy atom. The van der Waals surface area contributed by atoms with Gasteiger partial charge in [-0.3, -0.25) is 0 Å². The van der Waals surface area contributed by atoms with Crippen LogP contribution in [0.4, 0.5) is 0 Å². The van der Waals surface area contributed by atoms with Gasteiger partial charge in [0.2, 0.25) is 0 Å². The molecule has 0 aliphatic rings. The van der Waals surface area contributed by atoms with Gasteiger partial charge in [0.15, 0.2) is 0 Å². The van der Waals surface area contributed by atoms with E-state index in [1.54, 1.807) is 0 Å². The fourth-order valence-electron chi connectivity index (χ4n) is 1.88. The first-order valence-corrected chi connectivity index (χ1v) is 4.73. The lowest BCUT2D eigenvalue weighted by atomic mass is 10.0. The van der Waals surface area contributed by atoms with E-state index < -0.39 is 0 Å². The molecule has 3 aromatic rings. The highest BCUT2D eigenvalue weighted by atomic mass is 14.0. The van der Waals surface area contributed by atoms with Crippen LogP contribution >= 0.6 is 0 Å². The molecule has 0 unspecified atom stereocenters. The Morgan fingerprint density at radius 2 is 1.53 bits per heavy atom. The first-order valence-electron chi connectivity index (χ1n) is 4.73. The maximum atomic E-state index is 3.24. The van der Waals surface area contributed by atoms with Crippen molar-refractivity contribution in [3.63, 3.8) is 0 Å². The molecule has 73 valence electrons. The third-order valence-electron chi connectivity index (χ3n) is 2.57. The Bertz CT molecular complexity index is 539. The predicted octanol–water partition coefficient (Wildman–Crippen LogP) is 4.43. The molecule has 0 saturated carbocycles. The summed E-state index contributed by atoms with van der Waals surface area (Å²) >= 11 is 0. The Labute approximate surface area is 90.2 Å². The van der Waals surface area contributed by atoms with E-state index in [4.69, 9.17) is 0 Å². The summed E-state index contributed by atoms with van der Waals surface area (Å²) in [5, 5.41) is 5.07. The molecular formula is C15H13. The molecule has 0 spiro atoms. The minimum atomic E-state index is 0. The third-order valence-corrected chi connectivity index (χ3v) is 2.57. The third kappa shape index (κ3) is 1.48. The first-order chi connectivity index (χ1) is 6.95. The molecule has 0 nitrogen and oxygen atoms in total. The van der Waals surface area contributed by atoms with E-state index in [2.05, 4.69) is 48.5 Å². The summed E-state index contributed by atoms with van der Waals surface area (Å²) in [5.41, 5.74) is 0. The summed E-state index contributed by atoms with van der Waals surface area (Å²) in [5.74, 6) is 0. The van der Waals surface area contributed by atoms with Crippen LogP contribution in [0.3, 0.4) is 0 Å². The number of fused-ring (bicyclic) bond motifs is 3. The smallest absolute Gasteiger partial charge is 0.00987 e. The van der Waals surface area contributed by atoms with Crippen molar-refractivity contribution in [2.45, 2.75) is 7.43 Å². The second-order valence-electron chi connectivity index (χ2n) is 3.42. The standard InChI is InChI=1S/C14H9.CH4/c1-3-7-13-11(5-1)9-10-12-6-2-4-8-14(12)13;/h1-5,7-10H;1H4. The first kappa shape index (κ1) is 9.72. The van der Waals surface area contributed by atoms with Crippen LogP contribution in [-0.4, -0.2) is 0 Å². The van der Waals surface area contributed by atoms with Crippen molar-refractivity contribution in [3.8, 4) is 0 Å². The fraction of sp³-hybridized carbons (Fsp3) is 0.0667. The molecule has 0 amide bonds. The largest absolute Gasteiger partial charge is 0.0776 e. The van der Waals surface area contributed by atoms with Gasteiger partial charge in [-0.15, -0.1) is 0 Å². The van der Waals surface area contributed by atoms with Crippen molar-refractivity contribution in [1.29, 1.82) is 0 Å². The summed E-state index contributed by atoms with van der Waals surface area (Å²) < 4.78 is 0. The van der Waals surface area contributed by atoms with Gasteiger partial charge in [0.05, 0.1) is 0 Å². The van der Waals surface area contributed by atoms with Crippen LogP contribution in [0.15, 0.2) is 54.6 Å². The quantitative estimate of drug-likeness (QED) is 0.463. The molecule has 1 radical (unpaired) electrons. The predicted molar refractivity (Wildman–Crippen MR) is 67.0 cm³/mol. The lowest BCUT2D eigenvalue weighted by molar-refractivity contribution is 1.76. The molecule has 0 atom stereocenters. The number of hydrogen-bond acceptors (Lipinski definition) is 0. The van der Waals surface area contributed by atoms with Crippen molar-refractivity contribution < 1.29 is 0 Å². The lowest BCUT2D eigenvalue weighted by Gasteiger charge is -2.01. The van der Waals surface area contributed by atoms with E-state index >= 15 is 0 Å². The van der Waals surface area contributed by atoms with Crippen molar-refractivity contribution in [2.24, 2.45) is 0 Å². The van der Waals surface area contributed by atoms with E-state index in [1.165, 1.54) is 21.5 Å². The Balaban J connectivity index is 0.000000853. The van der Waals surface area contributed by atoms with Gasteiger partial charge in [-0.25, -0.2) is 0 Å². The zero-order valence-corrected chi connectivity index (χ0v) is 7.70. The molecule has 0 heteroatoms. The second-order valence-corrected chi connectivity index (χ2v) is 3.42. The van der Waals surface area contributed by atoms with Crippen LogP contribution in [0.25, 0.3) is 21.5 Å². The highest BCUT2D eigenvalue weighted by Crippen LogP contribution is 2.24. The topological polar surface area (TPSA) is 0 Å². The fourth-order valence-corrected chi connectivity index (χ4v) is 1.88. The van der Waals surface area contributed by atoms with Crippen LogP contribution in [-0.2, 0) is 0 Å². The summed E-state index contributed by atoms with van der Waals surface area (Å²) in [4.78, 5) is 0. The molecule has 0 aliphatic heterocycles. The summed E-state index contributed by atoms with van der Waals surface area (Å²) in [6.07, 6.45) is 0. The molecule has 0 N–H and O–H groups in total. The van der Waals surface area contributed by atoms with Crippen LogP contribution in [0.2, 0.25) is 0 Å². The monoisotopic (exact) mass is 193 g/mol. The number of hydrogen-bond donors (Lipinski definition) is 0. The van der Waals surface area contributed by atoms with Gasteiger partial charge in [-0.2, -0.15) is 0 Å². The van der Waals surface area contributed by atoms with Gasteiger partial charge in [-0.05, 0) is 27.6 Å². The van der Waals surface area contributed by atoms with Gasteiger partial charge in [0.1, 0.15) is 0 Å². The maximum absolute atomic E-state index is 3.24. The average molecular weight is 193 g/mol. The van der Waals surface area contributed by atoms with E-state index in [0.717, 1.165) is 0 Å². The molecule has 3 rings (SSSR count). The SMILES string of the molecule is C.[c]1cccc2c1ccc1ccccc12. The molecule has 3 aromatic carbocycles. The Morgan fingerprint density at radius 1 is 0.733 bits per heavy atom. The van der Waals surface area contributed by atoms with E-state index in [1.807, 2.05) is 12.1 Å². The summed E-state index contributed by atoms with van der Waals surface area (Å²) in [6, 6.07) is 22.1.